The van der Waals surface area contributed by atoms with Crippen LogP contribution in [-0.2, 0) is 14.3 Å². The highest BCUT2D eigenvalue weighted by Gasteiger charge is 2.29. The van der Waals surface area contributed by atoms with Crippen LogP contribution < -0.4 is 0 Å². The Bertz CT molecular complexity index is 474. The number of ketones is 1. The van der Waals surface area contributed by atoms with E-state index < -0.39 is 0 Å². The van der Waals surface area contributed by atoms with E-state index >= 15 is 0 Å². The number of ether oxygens (including phenoxy) is 1. The van der Waals surface area contributed by atoms with Crippen LogP contribution in [0.1, 0.15) is 25.3 Å². The van der Waals surface area contributed by atoms with Crippen molar-refractivity contribution in [1.82, 2.24) is 0 Å². The van der Waals surface area contributed by atoms with Crippen molar-refractivity contribution < 1.29 is 14.3 Å². The zero-order valence-electron chi connectivity index (χ0n) is 10.4. The van der Waals surface area contributed by atoms with Crippen molar-refractivity contribution in [2.24, 2.45) is 5.92 Å². The summed E-state index contributed by atoms with van der Waals surface area (Å²) >= 11 is 0. The van der Waals surface area contributed by atoms with Gasteiger partial charge in [-0.2, -0.15) is 0 Å². The van der Waals surface area contributed by atoms with Crippen LogP contribution in [0.25, 0.3) is 5.57 Å². The molecule has 2 rings (SSSR count). The average molecular weight is 244 g/mol. The third kappa shape index (κ3) is 2.67. The molecule has 0 saturated carbocycles. The molecule has 18 heavy (non-hydrogen) atoms. The van der Waals surface area contributed by atoms with Crippen LogP contribution in [-0.4, -0.2) is 18.4 Å². The molecule has 0 heterocycles. The van der Waals surface area contributed by atoms with E-state index in [4.69, 9.17) is 4.74 Å². The molecule has 0 N–H and O–H groups in total. The molecule has 0 aromatic heterocycles. The Morgan fingerprint density at radius 3 is 2.72 bits per heavy atom. The van der Waals surface area contributed by atoms with Gasteiger partial charge in [0.15, 0.2) is 5.78 Å². The number of hydrogen-bond acceptors (Lipinski definition) is 3. The lowest BCUT2D eigenvalue weighted by atomic mass is 9.83. The molecule has 0 bridgehead atoms. The summed E-state index contributed by atoms with van der Waals surface area (Å²) < 4.78 is 5.08. The van der Waals surface area contributed by atoms with Gasteiger partial charge in [0.1, 0.15) is 0 Å². The summed E-state index contributed by atoms with van der Waals surface area (Å²) in [6, 6.07) is 9.54. The minimum Gasteiger partial charge on any atom is -0.466 e. The predicted molar refractivity (Wildman–Crippen MR) is 68.8 cm³/mol. The first kappa shape index (κ1) is 12.6. The van der Waals surface area contributed by atoms with Crippen LogP contribution in [0.5, 0.6) is 0 Å². The van der Waals surface area contributed by atoms with Crippen molar-refractivity contribution in [2.45, 2.75) is 19.8 Å². The van der Waals surface area contributed by atoms with Gasteiger partial charge in [-0.05, 0) is 30.6 Å². The van der Waals surface area contributed by atoms with E-state index in [1.807, 2.05) is 30.3 Å². The van der Waals surface area contributed by atoms with E-state index in [0.717, 1.165) is 11.1 Å². The van der Waals surface area contributed by atoms with Gasteiger partial charge >= 0.3 is 5.97 Å². The van der Waals surface area contributed by atoms with Gasteiger partial charge in [-0.1, -0.05) is 30.3 Å². The lowest BCUT2D eigenvalue weighted by Crippen LogP contribution is -2.23. The average Bonchev–Trinajstić information content (AvgIpc) is 2.40. The summed E-state index contributed by atoms with van der Waals surface area (Å²) in [7, 11) is 0. The number of esters is 1. The fourth-order valence-corrected chi connectivity index (χ4v) is 2.19. The lowest BCUT2D eigenvalue weighted by molar-refractivity contribution is -0.146. The topological polar surface area (TPSA) is 43.4 Å². The zero-order valence-corrected chi connectivity index (χ0v) is 10.4. The number of carbonyl (C=O) groups is 2. The number of hydrogen-bond donors (Lipinski definition) is 0. The Morgan fingerprint density at radius 1 is 1.33 bits per heavy atom. The molecule has 1 aromatic carbocycles. The molecule has 0 saturated heterocycles. The zero-order chi connectivity index (χ0) is 13.0. The van der Waals surface area contributed by atoms with Gasteiger partial charge in [0.2, 0.25) is 0 Å². The second kappa shape index (κ2) is 5.63. The highest BCUT2D eigenvalue weighted by atomic mass is 16.5. The quantitative estimate of drug-likeness (QED) is 0.768. The Balaban J connectivity index is 2.32. The summed E-state index contributed by atoms with van der Waals surface area (Å²) in [5.74, 6) is -0.473. The second-order valence-corrected chi connectivity index (χ2v) is 4.28. The van der Waals surface area contributed by atoms with Crippen LogP contribution in [0.2, 0.25) is 0 Å². The van der Waals surface area contributed by atoms with Gasteiger partial charge < -0.3 is 4.74 Å². The third-order valence-electron chi connectivity index (χ3n) is 3.05. The van der Waals surface area contributed by atoms with E-state index in [2.05, 4.69) is 0 Å². The third-order valence-corrected chi connectivity index (χ3v) is 3.05. The summed E-state index contributed by atoms with van der Waals surface area (Å²) in [4.78, 5) is 23.5. The molecule has 3 nitrogen and oxygen atoms in total. The minimum atomic E-state index is -0.315. The molecule has 1 aliphatic rings. The highest BCUT2D eigenvalue weighted by Crippen LogP contribution is 2.32. The SMILES string of the molecule is CCOC(=O)C1CCC(=O)C=C1c1ccccc1. The molecule has 94 valence electrons. The molecule has 1 aliphatic carbocycles. The number of benzene rings is 1. The van der Waals surface area contributed by atoms with Gasteiger partial charge in [-0.25, -0.2) is 0 Å². The van der Waals surface area contributed by atoms with Crippen LogP contribution in [0.3, 0.4) is 0 Å². The predicted octanol–water partition coefficient (Wildman–Crippen LogP) is 2.61. The molecule has 0 spiro atoms. The van der Waals surface area contributed by atoms with E-state index in [1.165, 1.54) is 0 Å². The van der Waals surface area contributed by atoms with Crippen LogP contribution >= 0.6 is 0 Å². The van der Waals surface area contributed by atoms with Gasteiger partial charge in [0, 0.05) is 6.42 Å². The maximum atomic E-state index is 11.9. The Morgan fingerprint density at radius 2 is 2.06 bits per heavy atom. The fourth-order valence-electron chi connectivity index (χ4n) is 2.19. The van der Waals surface area contributed by atoms with E-state index in [1.54, 1.807) is 13.0 Å². The molecule has 1 aromatic rings. The van der Waals surface area contributed by atoms with Crippen LogP contribution in [0.4, 0.5) is 0 Å². The Hall–Kier alpha value is -1.90. The fraction of sp³-hybridized carbons (Fsp3) is 0.333. The van der Waals surface area contributed by atoms with Crippen molar-refractivity contribution in [3.8, 4) is 0 Å². The number of rotatable bonds is 3. The van der Waals surface area contributed by atoms with Crippen molar-refractivity contribution in [3.63, 3.8) is 0 Å². The van der Waals surface area contributed by atoms with Gasteiger partial charge in [0.05, 0.1) is 12.5 Å². The molecule has 3 heteroatoms. The Labute approximate surface area is 106 Å². The Kier molecular flexibility index (Phi) is 3.92. The van der Waals surface area contributed by atoms with Gasteiger partial charge in [0.25, 0.3) is 0 Å². The maximum Gasteiger partial charge on any atom is 0.313 e. The van der Waals surface area contributed by atoms with Crippen molar-refractivity contribution >= 4 is 17.3 Å². The van der Waals surface area contributed by atoms with E-state index in [0.29, 0.717) is 19.4 Å². The molecular formula is C15H16O3. The summed E-state index contributed by atoms with van der Waals surface area (Å²) in [6.07, 6.45) is 2.54. The first-order valence-electron chi connectivity index (χ1n) is 6.19. The minimum absolute atomic E-state index is 0.0781. The number of allylic oxidation sites excluding steroid dienone is 1. The number of carbonyl (C=O) groups excluding carboxylic acids is 2. The van der Waals surface area contributed by atoms with E-state index in [-0.39, 0.29) is 17.7 Å². The first-order valence-corrected chi connectivity index (χ1v) is 6.19. The van der Waals surface area contributed by atoms with Gasteiger partial charge in [-0.15, -0.1) is 0 Å². The molecule has 0 fully saturated rings. The van der Waals surface area contributed by atoms with Gasteiger partial charge in [-0.3, -0.25) is 9.59 Å². The van der Waals surface area contributed by atoms with Crippen LogP contribution in [0, 0.1) is 5.92 Å². The lowest BCUT2D eigenvalue weighted by Gasteiger charge is -2.22. The summed E-state index contributed by atoms with van der Waals surface area (Å²) in [5, 5.41) is 0. The molecule has 0 aliphatic heterocycles. The monoisotopic (exact) mass is 244 g/mol. The normalized spacial score (nSPS) is 19.3. The van der Waals surface area contributed by atoms with Crippen molar-refractivity contribution in [3.05, 3.63) is 42.0 Å². The van der Waals surface area contributed by atoms with Crippen molar-refractivity contribution in [2.75, 3.05) is 6.61 Å². The van der Waals surface area contributed by atoms with Crippen molar-refractivity contribution in [1.29, 1.82) is 0 Å². The molecule has 1 unspecified atom stereocenters. The molecular weight excluding hydrogens is 228 g/mol. The second-order valence-electron chi connectivity index (χ2n) is 4.28. The highest BCUT2D eigenvalue weighted by molar-refractivity contribution is 6.03. The first-order chi connectivity index (χ1) is 8.72. The summed E-state index contributed by atoms with van der Waals surface area (Å²) in [6.45, 7) is 2.16. The standard InChI is InChI=1S/C15H16O3/c1-2-18-15(17)13-9-8-12(16)10-14(13)11-6-4-3-5-7-11/h3-7,10,13H,2,8-9H2,1H3. The molecule has 0 radical (unpaired) electrons. The van der Waals surface area contributed by atoms with E-state index in [9.17, 15) is 9.59 Å². The molecule has 0 amide bonds. The molecule has 1 atom stereocenters. The maximum absolute atomic E-state index is 11.9. The van der Waals surface area contributed by atoms with Crippen LogP contribution in [0.15, 0.2) is 36.4 Å². The summed E-state index contributed by atoms with van der Waals surface area (Å²) in [5.41, 5.74) is 1.70. The largest absolute Gasteiger partial charge is 0.466 e. The smallest absolute Gasteiger partial charge is 0.313 e.